The van der Waals surface area contributed by atoms with Crippen LogP contribution in [0.15, 0.2) is 29.3 Å². The third-order valence-corrected chi connectivity index (χ3v) is 5.50. The molecule has 7 heteroatoms. The van der Waals surface area contributed by atoms with Crippen LogP contribution in [-0.2, 0) is 21.9 Å². The first kappa shape index (κ1) is 22.4. The molecule has 0 radical (unpaired) electrons. The van der Waals surface area contributed by atoms with Gasteiger partial charge in [0.15, 0.2) is 5.96 Å². The molecule has 148 valence electrons. The quantitative estimate of drug-likeness (QED) is 0.347. The van der Waals surface area contributed by atoms with Gasteiger partial charge in [-0.05, 0) is 36.3 Å². The van der Waals surface area contributed by atoms with Crippen molar-refractivity contribution in [3.05, 3.63) is 35.4 Å². The Morgan fingerprint density at radius 3 is 2.19 bits per heavy atom. The van der Waals surface area contributed by atoms with E-state index in [2.05, 4.69) is 65.4 Å². The van der Waals surface area contributed by atoms with Crippen molar-refractivity contribution in [3.8, 4) is 0 Å². The molecule has 0 aliphatic carbocycles. The summed E-state index contributed by atoms with van der Waals surface area (Å²) < 4.78 is 25.2. The van der Waals surface area contributed by atoms with Gasteiger partial charge in [0.1, 0.15) is 0 Å². The minimum Gasteiger partial charge on any atom is -0.356 e. The predicted octanol–water partition coefficient (Wildman–Crippen LogP) is 2.02. The fourth-order valence-corrected chi connectivity index (χ4v) is 3.00. The molecule has 0 aliphatic rings. The first-order chi connectivity index (χ1) is 12.2. The molecule has 0 unspecified atom stereocenters. The van der Waals surface area contributed by atoms with Crippen LogP contribution >= 0.6 is 0 Å². The van der Waals surface area contributed by atoms with Crippen molar-refractivity contribution < 1.29 is 8.42 Å². The minimum absolute atomic E-state index is 0.111. The Morgan fingerprint density at radius 1 is 1.04 bits per heavy atom. The maximum atomic E-state index is 11.3. The molecule has 1 rings (SSSR count). The second-order valence-electron chi connectivity index (χ2n) is 7.27. The number of aliphatic imine (C=N–C) groups is 1. The second-order valence-corrected chi connectivity index (χ2v) is 9.37. The first-order valence-electron chi connectivity index (χ1n) is 9.19. The van der Waals surface area contributed by atoms with Crippen molar-refractivity contribution in [2.24, 2.45) is 4.99 Å². The van der Waals surface area contributed by atoms with Crippen molar-refractivity contribution in [2.75, 3.05) is 32.4 Å². The van der Waals surface area contributed by atoms with Crippen molar-refractivity contribution in [1.82, 2.24) is 15.4 Å². The van der Waals surface area contributed by atoms with E-state index in [0.29, 0.717) is 19.5 Å². The molecule has 0 aromatic heterocycles. The predicted molar refractivity (Wildman–Crippen MR) is 110 cm³/mol. The number of hydrogen-bond donors (Lipinski definition) is 3. The van der Waals surface area contributed by atoms with E-state index in [1.165, 1.54) is 11.1 Å². The highest BCUT2D eigenvalue weighted by Gasteiger charge is 2.12. The lowest BCUT2D eigenvalue weighted by Crippen LogP contribution is -2.39. The van der Waals surface area contributed by atoms with Crippen LogP contribution in [0.3, 0.4) is 0 Å². The Morgan fingerprint density at radius 2 is 1.65 bits per heavy atom. The summed E-state index contributed by atoms with van der Waals surface area (Å²) in [6, 6.07) is 8.75. The number of guanidine groups is 1. The molecular formula is C19H34N4O2S. The molecular weight excluding hydrogens is 348 g/mol. The van der Waals surface area contributed by atoms with Crippen LogP contribution in [0.1, 0.15) is 45.2 Å². The summed E-state index contributed by atoms with van der Waals surface area (Å²) in [5.74, 6) is 0.843. The number of hydrogen-bond acceptors (Lipinski definition) is 3. The molecule has 0 amide bonds. The Kier molecular flexibility index (Phi) is 9.08. The largest absolute Gasteiger partial charge is 0.356 e. The first-order valence-corrected chi connectivity index (χ1v) is 10.8. The number of rotatable bonds is 9. The molecule has 26 heavy (non-hydrogen) atoms. The van der Waals surface area contributed by atoms with Crippen molar-refractivity contribution in [3.63, 3.8) is 0 Å². The van der Waals surface area contributed by atoms with Gasteiger partial charge in [0, 0.05) is 26.7 Å². The Bertz CT molecular complexity index is 662. The Balaban J connectivity index is 2.28. The van der Waals surface area contributed by atoms with Crippen molar-refractivity contribution in [1.29, 1.82) is 0 Å². The van der Waals surface area contributed by atoms with Gasteiger partial charge in [0.05, 0.1) is 5.75 Å². The molecule has 1 aromatic rings. The van der Waals surface area contributed by atoms with Gasteiger partial charge >= 0.3 is 0 Å². The molecule has 3 N–H and O–H groups in total. The summed E-state index contributed by atoms with van der Waals surface area (Å²) in [6.07, 6.45) is 1.62. The Labute approximate surface area is 158 Å². The van der Waals surface area contributed by atoms with Crippen LogP contribution in [0, 0.1) is 0 Å². The third kappa shape index (κ3) is 8.67. The standard InChI is InChI=1S/C19H34N4O2S/c1-6-26(24,25)23-14-7-13-21-18(20-5)22-15-12-16-8-10-17(11-9-16)19(2,3)4/h8-11,23H,6-7,12-15H2,1-5H3,(H2,20,21,22). The average Bonchev–Trinajstić information content (AvgIpc) is 2.59. The molecule has 0 fully saturated rings. The van der Waals surface area contributed by atoms with Gasteiger partial charge < -0.3 is 10.6 Å². The van der Waals surface area contributed by atoms with Crippen molar-refractivity contribution >= 4 is 16.0 Å². The van der Waals surface area contributed by atoms with Crippen LogP contribution in [0.25, 0.3) is 0 Å². The van der Waals surface area contributed by atoms with Crippen LogP contribution < -0.4 is 15.4 Å². The molecule has 0 aliphatic heterocycles. The summed E-state index contributed by atoms with van der Waals surface area (Å²) in [6.45, 7) is 10.2. The zero-order valence-electron chi connectivity index (χ0n) is 16.7. The summed E-state index contributed by atoms with van der Waals surface area (Å²) in [5.41, 5.74) is 2.80. The van der Waals surface area contributed by atoms with Crippen LogP contribution in [0.2, 0.25) is 0 Å². The molecule has 0 atom stereocenters. The molecule has 1 aromatic carbocycles. The summed E-state index contributed by atoms with van der Waals surface area (Å²) in [5, 5.41) is 6.47. The Hall–Kier alpha value is -1.60. The fraction of sp³-hybridized carbons (Fsp3) is 0.632. The molecule has 0 saturated heterocycles. The molecule has 0 spiro atoms. The van der Waals surface area contributed by atoms with E-state index >= 15 is 0 Å². The lowest BCUT2D eigenvalue weighted by molar-refractivity contribution is 0.579. The van der Waals surface area contributed by atoms with Gasteiger partial charge in [-0.3, -0.25) is 4.99 Å². The van der Waals surface area contributed by atoms with Gasteiger partial charge in [0.25, 0.3) is 0 Å². The highest BCUT2D eigenvalue weighted by Crippen LogP contribution is 2.22. The van der Waals surface area contributed by atoms with E-state index in [1.54, 1.807) is 14.0 Å². The lowest BCUT2D eigenvalue weighted by atomic mass is 9.86. The van der Waals surface area contributed by atoms with Gasteiger partial charge in [-0.2, -0.15) is 0 Å². The highest BCUT2D eigenvalue weighted by molar-refractivity contribution is 7.89. The molecule has 0 bridgehead atoms. The zero-order chi connectivity index (χ0) is 19.6. The summed E-state index contributed by atoms with van der Waals surface area (Å²) in [7, 11) is -1.38. The molecule has 0 saturated carbocycles. The van der Waals surface area contributed by atoms with Gasteiger partial charge in [0.2, 0.25) is 10.0 Å². The SMILES string of the molecule is CCS(=O)(=O)NCCCNC(=NC)NCCc1ccc(C(C)(C)C)cc1. The van der Waals surface area contributed by atoms with Gasteiger partial charge in [-0.25, -0.2) is 13.1 Å². The van der Waals surface area contributed by atoms with Gasteiger partial charge in [-0.1, -0.05) is 45.0 Å². The van der Waals surface area contributed by atoms with E-state index in [0.717, 1.165) is 18.9 Å². The monoisotopic (exact) mass is 382 g/mol. The van der Waals surface area contributed by atoms with Crippen LogP contribution in [-0.4, -0.2) is 46.8 Å². The van der Waals surface area contributed by atoms with E-state index in [-0.39, 0.29) is 11.2 Å². The average molecular weight is 383 g/mol. The smallest absolute Gasteiger partial charge is 0.211 e. The molecule has 6 nitrogen and oxygen atoms in total. The number of nitrogens with one attached hydrogen (secondary N) is 3. The maximum Gasteiger partial charge on any atom is 0.211 e. The lowest BCUT2D eigenvalue weighted by Gasteiger charge is -2.19. The van der Waals surface area contributed by atoms with E-state index in [9.17, 15) is 8.42 Å². The van der Waals surface area contributed by atoms with Gasteiger partial charge in [-0.15, -0.1) is 0 Å². The second kappa shape index (κ2) is 10.5. The van der Waals surface area contributed by atoms with Crippen molar-refractivity contribution in [2.45, 2.75) is 46.0 Å². The molecule has 0 heterocycles. The normalized spacial score (nSPS) is 12.9. The number of sulfonamides is 1. The van der Waals surface area contributed by atoms with E-state index in [1.807, 2.05) is 0 Å². The number of nitrogens with zero attached hydrogens (tertiary/aromatic N) is 1. The topological polar surface area (TPSA) is 82.6 Å². The third-order valence-electron chi connectivity index (χ3n) is 4.10. The fourth-order valence-electron chi connectivity index (χ4n) is 2.34. The van der Waals surface area contributed by atoms with Crippen LogP contribution in [0.5, 0.6) is 0 Å². The highest BCUT2D eigenvalue weighted by atomic mass is 32.2. The zero-order valence-corrected chi connectivity index (χ0v) is 17.5. The van der Waals surface area contributed by atoms with Crippen LogP contribution in [0.4, 0.5) is 0 Å². The maximum absolute atomic E-state index is 11.3. The van der Waals surface area contributed by atoms with E-state index < -0.39 is 10.0 Å². The summed E-state index contributed by atoms with van der Waals surface area (Å²) in [4.78, 5) is 4.18. The number of benzene rings is 1. The minimum atomic E-state index is -3.11. The van der Waals surface area contributed by atoms with E-state index in [4.69, 9.17) is 0 Å². The summed E-state index contributed by atoms with van der Waals surface area (Å²) >= 11 is 0.